The highest BCUT2D eigenvalue weighted by molar-refractivity contribution is 5.76. The molecule has 0 bridgehead atoms. The van der Waals surface area contributed by atoms with Gasteiger partial charge in [0.2, 0.25) is 5.91 Å². The first-order valence-corrected chi connectivity index (χ1v) is 7.03. The largest absolute Gasteiger partial charge is 0.350 e. The molecule has 0 radical (unpaired) electrons. The predicted molar refractivity (Wildman–Crippen MR) is 83.1 cm³/mol. The maximum Gasteiger partial charge on any atom is 0.328 e. The molecule has 0 aromatic carbocycles. The van der Waals surface area contributed by atoms with Crippen molar-refractivity contribution in [1.29, 1.82) is 0 Å². The third-order valence-corrected chi connectivity index (χ3v) is 3.50. The van der Waals surface area contributed by atoms with Crippen LogP contribution < -0.4 is 16.6 Å². The van der Waals surface area contributed by atoms with Gasteiger partial charge in [0.15, 0.2) is 0 Å². The molecule has 1 amide bonds. The van der Waals surface area contributed by atoms with Gasteiger partial charge in [0.05, 0.1) is 5.52 Å². The molecule has 0 atom stereocenters. The molecule has 8 nitrogen and oxygen atoms in total. The maximum absolute atomic E-state index is 12.0. The van der Waals surface area contributed by atoms with Gasteiger partial charge < -0.3 is 5.32 Å². The van der Waals surface area contributed by atoms with E-state index in [9.17, 15) is 14.4 Å². The summed E-state index contributed by atoms with van der Waals surface area (Å²) in [5.74, 6) is -0.319. The summed E-state index contributed by atoms with van der Waals surface area (Å²) in [4.78, 5) is 37.2. The molecule has 0 saturated heterocycles. The molecule has 0 saturated carbocycles. The lowest BCUT2D eigenvalue weighted by atomic mass is 10.2. The zero-order chi connectivity index (χ0) is 16.4. The van der Waals surface area contributed by atoms with Crippen LogP contribution in [0.1, 0.15) is 11.1 Å². The van der Waals surface area contributed by atoms with Gasteiger partial charge in [0.1, 0.15) is 6.54 Å². The summed E-state index contributed by atoms with van der Waals surface area (Å²) < 4.78 is 2.89. The summed E-state index contributed by atoms with van der Waals surface area (Å²) in [7, 11) is 0. The number of carbonyl (C=O) groups is 1. The maximum atomic E-state index is 12.0. The van der Waals surface area contributed by atoms with E-state index in [-0.39, 0.29) is 12.5 Å². The Balaban J connectivity index is 1.71. The Morgan fingerprint density at radius 2 is 2.17 bits per heavy atom. The number of aromatic nitrogens is 4. The van der Waals surface area contributed by atoms with Crippen molar-refractivity contribution in [3.63, 3.8) is 0 Å². The second-order valence-electron chi connectivity index (χ2n) is 5.17. The number of aromatic amines is 1. The molecule has 0 fully saturated rings. The van der Waals surface area contributed by atoms with Gasteiger partial charge in [-0.2, -0.15) is 5.10 Å². The Kier molecular flexibility index (Phi) is 3.80. The molecule has 2 N–H and O–H groups in total. The molecule has 3 heterocycles. The van der Waals surface area contributed by atoms with Crippen LogP contribution in [0.5, 0.6) is 0 Å². The van der Waals surface area contributed by atoms with Crippen molar-refractivity contribution >= 4 is 11.4 Å². The zero-order valence-corrected chi connectivity index (χ0v) is 12.4. The van der Waals surface area contributed by atoms with E-state index in [2.05, 4.69) is 15.4 Å². The third kappa shape index (κ3) is 3.05. The minimum Gasteiger partial charge on any atom is -0.350 e. The van der Waals surface area contributed by atoms with E-state index in [0.29, 0.717) is 12.1 Å². The van der Waals surface area contributed by atoms with Crippen LogP contribution in [0, 0.1) is 6.92 Å². The summed E-state index contributed by atoms with van der Waals surface area (Å²) in [6.07, 6.45) is 4.88. The molecule has 3 aromatic heterocycles. The smallest absolute Gasteiger partial charge is 0.328 e. The number of aryl methyl sites for hydroxylation is 1. The second kappa shape index (κ2) is 5.91. The molecular formula is C15H15N5O3. The van der Waals surface area contributed by atoms with E-state index < -0.39 is 11.2 Å². The van der Waals surface area contributed by atoms with E-state index in [4.69, 9.17) is 0 Å². The van der Waals surface area contributed by atoms with Gasteiger partial charge in [0.25, 0.3) is 5.56 Å². The summed E-state index contributed by atoms with van der Waals surface area (Å²) in [5.41, 5.74) is 1.15. The van der Waals surface area contributed by atoms with Crippen molar-refractivity contribution in [2.75, 3.05) is 0 Å². The first kappa shape index (κ1) is 14.8. The van der Waals surface area contributed by atoms with Gasteiger partial charge in [-0.1, -0.05) is 6.07 Å². The molecule has 0 unspecified atom stereocenters. The summed E-state index contributed by atoms with van der Waals surface area (Å²) in [6, 6.07) is 5.60. The van der Waals surface area contributed by atoms with Crippen LogP contribution in [0.4, 0.5) is 0 Å². The molecule has 23 heavy (non-hydrogen) atoms. The monoisotopic (exact) mass is 313 g/mol. The first-order chi connectivity index (χ1) is 11.0. The summed E-state index contributed by atoms with van der Waals surface area (Å²) in [5, 5.41) is 6.89. The van der Waals surface area contributed by atoms with Gasteiger partial charge >= 0.3 is 5.69 Å². The number of nitrogens with zero attached hydrogens (tertiary/aromatic N) is 3. The number of rotatable bonds is 4. The number of hydrogen-bond acceptors (Lipinski definition) is 4. The van der Waals surface area contributed by atoms with Crippen LogP contribution in [-0.4, -0.2) is 25.1 Å². The SMILES string of the molecule is Cc1cn(CC(=O)NCc2cccn3nccc23)c(=O)[nH]c1=O. The number of pyridine rings is 1. The van der Waals surface area contributed by atoms with Gasteiger partial charge in [-0.05, 0) is 24.6 Å². The van der Waals surface area contributed by atoms with Crippen molar-refractivity contribution < 1.29 is 4.79 Å². The lowest BCUT2D eigenvalue weighted by Gasteiger charge is -2.08. The Hall–Kier alpha value is -3.16. The fourth-order valence-corrected chi connectivity index (χ4v) is 2.30. The quantitative estimate of drug-likeness (QED) is 0.697. The van der Waals surface area contributed by atoms with Crippen molar-refractivity contribution in [1.82, 2.24) is 24.5 Å². The van der Waals surface area contributed by atoms with Crippen LogP contribution in [0.15, 0.2) is 46.4 Å². The topological polar surface area (TPSA) is 101 Å². The fourth-order valence-electron chi connectivity index (χ4n) is 2.30. The Morgan fingerprint density at radius 3 is 3.00 bits per heavy atom. The highest BCUT2D eigenvalue weighted by Crippen LogP contribution is 2.09. The van der Waals surface area contributed by atoms with E-state index in [1.54, 1.807) is 17.6 Å². The highest BCUT2D eigenvalue weighted by atomic mass is 16.2. The molecule has 0 aliphatic rings. The molecule has 8 heteroatoms. The number of H-pyrrole nitrogens is 1. The summed E-state index contributed by atoms with van der Waals surface area (Å²) >= 11 is 0. The molecular weight excluding hydrogens is 298 g/mol. The Bertz CT molecular complexity index is 982. The molecule has 0 spiro atoms. The minimum absolute atomic E-state index is 0.154. The average molecular weight is 313 g/mol. The van der Waals surface area contributed by atoms with E-state index in [0.717, 1.165) is 11.1 Å². The lowest BCUT2D eigenvalue weighted by Crippen LogP contribution is -2.36. The summed E-state index contributed by atoms with van der Waals surface area (Å²) in [6.45, 7) is 1.75. The van der Waals surface area contributed by atoms with Gasteiger partial charge in [-0.3, -0.25) is 19.1 Å². The molecule has 3 aromatic rings. The standard InChI is InChI=1S/C15H15N5O3/c1-10-8-19(15(23)18-14(10)22)9-13(21)16-7-11-3-2-6-20-12(11)4-5-17-20/h2-6,8H,7,9H2,1H3,(H,16,21)(H,18,22,23). The third-order valence-electron chi connectivity index (χ3n) is 3.50. The molecule has 0 aliphatic heterocycles. The Labute approximate surface area is 130 Å². The van der Waals surface area contributed by atoms with Crippen molar-refractivity contribution in [3.05, 3.63) is 68.8 Å². The minimum atomic E-state index is -0.603. The van der Waals surface area contributed by atoms with Crippen molar-refractivity contribution in [2.45, 2.75) is 20.0 Å². The Morgan fingerprint density at radius 1 is 1.35 bits per heavy atom. The number of amides is 1. The highest BCUT2D eigenvalue weighted by Gasteiger charge is 2.08. The average Bonchev–Trinajstić information content (AvgIpc) is 2.99. The van der Waals surface area contributed by atoms with Crippen LogP contribution in [0.3, 0.4) is 0 Å². The predicted octanol–water partition coefficient (Wildman–Crippen LogP) is -0.191. The van der Waals surface area contributed by atoms with E-state index >= 15 is 0 Å². The van der Waals surface area contributed by atoms with Crippen molar-refractivity contribution in [3.8, 4) is 0 Å². The van der Waals surface area contributed by atoms with E-state index in [1.807, 2.05) is 24.4 Å². The van der Waals surface area contributed by atoms with Gasteiger partial charge in [0, 0.05) is 30.7 Å². The normalized spacial score (nSPS) is 10.8. The van der Waals surface area contributed by atoms with Crippen LogP contribution >= 0.6 is 0 Å². The first-order valence-electron chi connectivity index (χ1n) is 7.03. The molecule has 118 valence electrons. The zero-order valence-electron chi connectivity index (χ0n) is 12.4. The van der Waals surface area contributed by atoms with Crippen LogP contribution in [-0.2, 0) is 17.9 Å². The number of hydrogen-bond donors (Lipinski definition) is 2. The number of carbonyl (C=O) groups excluding carboxylic acids is 1. The second-order valence-corrected chi connectivity index (χ2v) is 5.17. The number of fused-ring (bicyclic) bond motifs is 1. The fraction of sp³-hybridized carbons (Fsp3) is 0.200. The molecule has 3 rings (SSSR count). The number of nitrogens with one attached hydrogen (secondary N) is 2. The van der Waals surface area contributed by atoms with Gasteiger partial charge in [-0.15, -0.1) is 0 Å². The van der Waals surface area contributed by atoms with Gasteiger partial charge in [-0.25, -0.2) is 9.31 Å². The lowest BCUT2D eigenvalue weighted by molar-refractivity contribution is -0.121. The van der Waals surface area contributed by atoms with Crippen LogP contribution in [0.2, 0.25) is 0 Å². The molecule has 0 aliphatic carbocycles. The van der Waals surface area contributed by atoms with Crippen molar-refractivity contribution in [2.24, 2.45) is 0 Å². The van der Waals surface area contributed by atoms with E-state index in [1.165, 1.54) is 10.8 Å². The van der Waals surface area contributed by atoms with Crippen LogP contribution in [0.25, 0.3) is 5.52 Å².